The van der Waals surface area contributed by atoms with Gasteiger partial charge in [-0.3, -0.25) is 14.6 Å². The van der Waals surface area contributed by atoms with Gasteiger partial charge in [0.25, 0.3) is 11.5 Å². The molecule has 4 aromatic rings. The van der Waals surface area contributed by atoms with Gasteiger partial charge in [-0.15, -0.1) is 16.4 Å². The van der Waals surface area contributed by atoms with Crippen molar-refractivity contribution in [1.29, 1.82) is 0 Å². The Morgan fingerprint density at radius 1 is 1.17 bits per heavy atom. The number of aliphatic imine (C=N–C) groups is 1. The molecule has 0 unspecified atom stereocenters. The van der Waals surface area contributed by atoms with E-state index in [1.807, 2.05) is 34.3 Å². The number of nitrogens with two attached hydrogens (primary N) is 1. The first-order valence-electron chi connectivity index (χ1n) is 10.9. The number of benzene rings is 1. The lowest BCUT2D eigenvalue weighted by Gasteiger charge is -2.17. The maximum Gasteiger partial charge on any atom is 0.258 e. The van der Waals surface area contributed by atoms with E-state index < -0.39 is 5.91 Å². The molecule has 11 heteroatoms. The van der Waals surface area contributed by atoms with Crippen LogP contribution in [0.1, 0.15) is 39.8 Å². The fraction of sp³-hybridized carbons (Fsp3) is 0.167. The molecule has 5 heterocycles. The number of primary amides is 1. The topological polar surface area (TPSA) is 121 Å². The van der Waals surface area contributed by atoms with Gasteiger partial charge in [0.05, 0.1) is 16.6 Å². The van der Waals surface area contributed by atoms with Crippen molar-refractivity contribution in [2.45, 2.75) is 25.3 Å². The SMILES string of the molecule is NC(=O)c1cc(C2=CN=C([C@@H]3CCc4cc(-c5cc(Cl)ccc5-n5cnnn5)cc(=O)n43)C2)cs1. The molecule has 0 fully saturated rings. The number of aryl methyl sites for hydroxylation is 1. The summed E-state index contributed by atoms with van der Waals surface area (Å²) in [6.07, 6.45) is 5.51. The summed E-state index contributed by atoms with van der Waals surface area (Å²) >= 11 is 7.61. The van der Waals surface area contributed by atoms with Gasteiger partial charge in [0.15, 0.2) is 0 Å². The summed E-state index contributed by atoms with van der Waals surface area (Å²) in [7, 11) is 0. The first-order chi connectivity index (χ1) is 17.0. The number of carbonyl (C=O) groups excluding carboxylic acids is 1. The van der Waals surface area contributed by atoms with Crippen LogP contribution in [0.2, 0.25) is 5.02 Å². The van der Waals surface area contributed by atoms with Crippen LogP contribution in [0.15, 0.2) is 64.1 Å². The molecule has 174 valence electrons. The van der Waals surface area contributed by atoms with Gasteiger partial charge in [-0.25, -0.2) is 0 Å². The first kappa shape index (κ1) is 21.6. The van der Waals surface area contributed by atoms with Crippen LogP contribution < -0.4 is 11.3 Å². The number of rotatable bonds is 5. The second-order valence-corrected chi connectivity index (χ2v) is 9.78. The molecule has 2 aliphatic rings. The Bertz CT molecular complexity index is 1600. The van der Waals surface area contributed by atoms with Gasteiger partial charge in [0.2, 0.25) is 0 Å². The minimum Gasteiger partial charge on any atom is -0.365 e. The van der Waals surface area contributed by atoms with Crippen LogP contribution >= 0.6 is 22.9 Å². The highest BCUT2D eigenvalue weighted by molar-refractivity contribution is 7.12. The summed E-state index contributed by atoms with van der Waals surface area (Å²) in [6.45, 7) is 0. The van der Waals surface area contributed by atoms with Gasteiger partial charge >= 0.3 is 0 Å². The zero-order valence-electron chi connectivity index (χ0n) is 18.3. The Hall–Kier alpha value is -3.89. The van der Waals surface area contributed by atoms with Gasteiger partial charge in [-0.2, -0.15) is 4.68 Å². The van der Waals surface area contributed by atoms with Crippen LogP contribution in [0, 0.1) is 0 Å². The van der Waals surface area contributed by atoms with E-state index in [2.05, 4.69) is 20.5 Å². The van der Waals surface area contributed by atoms with Gasteiger partial charge in [0, 0.05) is 40.7 Å². The molecule has 6 rings (SSSR count). The van der Waals surface area contributed by atoms with Crippen molar-refractivity contribution in [3.8, 4) is 16.8 Å². The molecule has 1 aromatic carbocycles. The van der Waals surface area contributed by atoms with Crippen LogP contribution in [0.4, 0.5) is 0 Å². The number of amides is 1. The Morgan fingerprint density at radius 3 is 2.83 bits per heavy atom. The minimum absolute atomic E-state index is 0.0923. The Balaban J connectivity index is 1.31. The molecule has 2 aliphatic heterocycles. The average molecular weight is 504 g/mol. The van der Waals surface area contributed by atoms with Crippen molar-refractivity contribution in [2.24, 2.45) is 10.7 Å². The van der Waals surface area contributed by atoms with Crippen LogP contribution in [-0.2, 0) is 6.42 Å². The Kier molecular flexibility index (Phi) is 5.19. The summed E-state index contributed by atoms with van der Waals surface area (Å²) < 4.78 is 3.39. The van der Waals surface area contributed by atoms with Crippen LogP contribution in [0.3, 0.4) is 0 Å². The summed E-state index contributed by atoms with van der Waals surface area (Å²) in [5, 5.41) is 13.9. The number of nitrogens with zero attached hydrogens (tertiary/aromatic N) is 6. The highest BCUT2D eigenvalue weighted by atomic mass is 35.5. The molecule has 0 spiro atoms. The molecule has 1 atom stereocenters. The van der Waals surface area contributed by atoms with Gasteiger partial charge < -0.3 is 10.3 Å². The third-order valence-corrected chi connectivity index (χ3v) is 7.53. The number of fused-ring (bicyclic) bond motifs is 1. The van der Waals surface area contributed by atoms with Gasteiger partial charge in [-0.05, 0) is 75.7 Å². The number of carbonyl (C=O) groups is 1. The summed E-state index contributed by atoms with van der Waals surface area (Å²) in [4.78, 5) is 30.0. The lowest BCUT2D eigenvalue weighted by Crippen LogP contribution is -2.27. The maximum atomic E-state index is 13.3. The van der Waals surface area contributed by atoms with Crippen molar-refractivity contribution >= 4 is 40.1 Å². The number of halogens is 1. The summed E-state index contributed by atoms with van der Waals surface area (Å²) in [5.74, 6) is -0.434. The smallest absolute Gasteiger partial charge is 0.258 e. The third kappa shape index (κ3) is 3.80. The average Bonchev–Trinajstić information content (AvgIpc) is 3.64. The maximum absolute atomic E-state index is 13.3. The molecule has 0 saturated carbocycles. The second kappa shape index (κ2) is 8.40. The monoisotopic (exact) mass is 503 g/mol. The fourth-order valence-electron chi connectivity index (χ4n) is 4.74. The van der Waals surface area contributed by atoms with E-state index in [4.69, 9.17) is 17.3 Å². The molecule has 0 saturated heterocycles. The molecule has 0 radical (unpaired) electrons. The minimum atomic E-state index is -0.434. The van der Waals surface area contributed by atoms with Gasteiger partial charge in [-0.1, -0.05) is 11.6 Å². The number of aromatic nitrogens is 5. The zero-order chi connectivity index (χ0) is 24.1. The first-order valence-corrected chi connectivity index (χ1v) is 12.2. The number of hydrogen-bond donors (Lipinski definition) is 1. The van der Waals surface area contributed by atoms with Crippen LogP contribution in [-0.4, -0.2) is 36.4 Å². The van der Waals surface area contributed by atoms with E-state index in [1.165, 1.54) is 17.7 Å². The quantitative estimate of drug-likeness (QED) is 0.445. The standard InChI is InChI=1S/C24H18ClN7O2S/c25-16-1-3-20(31-12-28-29-30-31)18(9-16)13-5-17-2-4-21(32(17)23(33)8-13)19-6-14(10-27-19)15-7-22(24(26)34)35-11-15/h1,3,5,7-12,21H,2,4,6H2,(H2,26,34)/t21-/m0/s1. The predicted octanol–water partition coefficient (Wildman–Crippen LogP) is 3.68. The molecule has 2 N–H and O–H groups in total. The van der Waals surface area contributed by atoms with E-state index in [1.54, 1.807) is 22.9 Å². The van der Waals surface area contributed by atoms with Gasteiger partial charge in [0.1, 0.15) is 6.33 Å². The summed E-state index contributed by atoms with van der Waals surface area (Å²) in [6, 6.07) is 10.8. The lowest BCUT2D eigenvalue weighted by atomic mass is 10.0. The van der Waals surface area contributed by atoms with Crippen molar-refractivity contribution in [2.75, 3.05) is 0 Å². The number of hydrogen-bond acceptors (Lipinski definition) is 7. The van der Waals surface area contributed by atoms with Crippen molar-refractivity contribution < 1.29 is 4.79 Å². The van der Waals surface area contributed by atoms with Crippen LogP contribution in [0.5, 0.6) is 0 Å². The second-order valence-electron chi connectivity index (χ2n) is 8.43. The van der Waals surface area contributed by atoms with E-state index in [-0.39, 0.29) is 11.6 Å². The molecule has 9 nitrogen and oxygen atoms in total. The van der Waals surface area contributed by atoms with E-state index in [9.17, 15) is 9.59 Å². The highest BCUT2D eigenvalue weighted by Gasteiger charge is 2.30. The van der Waals surface area contributed by atoms with Crippen molar-refractivity contribution in [1.82, 2.24) is 24.8 Å². The number of thiophene rings is 1. The zero-order valence-corrected chi connectivity index (χ0v) is 19.8. The molecular weight excluding hydrogens is 486 g/mol. The highest BCUT2D eigenvalue weighted by Crippen LogP contribution is 2.36. The fourth-order valence-corrected chi connectivity index (χ4v) is 5.70. The Morgan fingerprint density at radius 2 is 2.06 bits per heavy atom. The third-order valence-electron chi connectivity index (χ3n) is 6.35. The van der Waals surface area contributed by atoms with E-state index in [0.717, 1.165) is 52.2 Å². The van der Waals surface area contributed by atoms with Crippen molar-refractivity contribution in [3.05, 3.63) is 85.8 Å². The summed E-state index contributed by atoms with van der Waals surface area (Å²) in [5.41, 5.74) is 11.4. The molecule has 1 amide bonds. The largest absolute Gasteiger partial charge is 0.365 e. The lowest BCUT2D eigenvalue weighted by molar-refractivity contribution is 0.100. The van der Waals surface area contributed by atoms with E-state index >= 15 is 0 Å². The predicted molar refractivity (Wildman–Crippen MR) is 134 cm³/mol. The molecule has 35 heavy (non-hydrogen) atoms. The Labute approximate surface area is 208 Å². The number of pyridine rings is 1. The molecular formula is C24H18ClN7O2S. The number of tetrazole rings is 1. The normalized spacial score (nSPS) is 16.8. The van der Waals surface area contributed by atoms with Crippen LogP contribution in [0.25, 0.3) is 22.4 Å². The van der Waals surface area contributed by atoms with Crippen molar-refractivity contribution in [3.63, 3.8) is 0 Å². The molecule has 0 aliphatic carbocycles. The van der Waals surface area contributed by atoms with E-state index in [0.29, 0.717) is 16.3 Å². The molecule has 0 bridgehead atoms. The number of allylic oxidation sites excluding steroid dienone is 1. The molecule has 3 aromatic heterocycles.